The molecule has 1 aliphatic heterocycles. The first-order valence-electron chi connectivity index (χ1n) is 5.40. The molecule has 0 bridgehead atoms. The Labute approximate surface area is 104 Å². The molecule has 0 radical (unpaired) electrons. The molecule has 3 heteroatoms. The molecular weight excluding hydrogens is 239 g/mol. The van der Waals surface area contributed by atoms with Crippen molar-refractivity contribution >= 4 is 11.6 Å². The zero-order chi connectivity index (χ0) is 11.8. The second-order valence-electron chi connectivity index (χ2n) is 4.03. The maximum atomic E-state index is 13.2. The molecule has 0 spiro atoms. The number of hydrogen-bond acceptors (Lipinski definition) is 1. The predicted octanol–water partition coefficient (Wildman–Crippen LogP) is 4.05. The van der Waals surface area contributed by atoms with E-state index in [1.807, 2.05) is 24.3 Å². The van der Waals surface area contributed by atoms with E-state index in [2.05, 4.69) is 0 Å². The summed E-state index contributed by atoms with van der Waals surface area (Å²) in [4.78, 5) is 0. The van der Waals surface area contributed by atoms with E-state index < -0.39 is 0 Å². The normalized spacial score (nSPS) is 17.6. The van der Waals surface area contributed by atoms with E-state index in [9.17, 15) is 4.39 Å². The third-order valence-electron chi connectivity index (χ3n) is 2.96. The molecule has 86 valence electrons. The SMILES string of the molecule is Fc1ccc2c(c1)OCc1ccccc1C2Cl. The number of fused-ring (bicyclic) bond motifs is 2. The van der Waals surface area contributed by atoms with Crippen LogP contribution in [-0.4, -0.2) is 0 Å². The average molecular weight is 249 g/mol. The van der Waals surface area contributed by atoms with Gasteiger partial charge in [0.15, 0.2) is 0 Å². The Bertz CT molecular complexity index is 568. The van der Waals surface area contributed by atoms with Crippen LogP contribution in [0.3, 0.4) is 0 Å². The Kier molecular flexibility index (Phi) is 2.52. The van der Waals surface area contributed by atoms with Crippen LogP contribution < -0.4 is 4.74 Å². The molecule has 17 heavy (non-hydrogen) atoms. The average Bonchev–Trinajstić information content (AvgIpc) is 2.48. The van der Waals surface area contributed by atoms with Crippen molar-refractivity contribution in [2.24, 2.45) is 0 Å². The van der Waals surface area contributed by atoms with Crippen LogP contribution in [-0.2, 0) is 6.61 Å². The number of benzene rings is 2. The van der Waals surface area contributed by atoms with E-state index in [4.69, 9.17) is 16.3 Å². The Balaban J connectivity index is 2.16. The topological polar surface area (TPSA) is 9.23 Å². The lowest BCUT2D eigenvalue weighted by Crippen LogP contribution is -1.95. The van der Waals surface area contributed by atoms with E-state index in [0.717, 1.165) is 16.7 Å². The van der Waals surface area contributed by atoms with Crippen LogP contribution in [0.1, 0.15) is 22.1 Å². The first kappa shape index (κ1) is 10.6. The van der Waals surface area contributed by atoms with Gasteiger partial charge in [0, 0.05) is 11.6 Å². The van der Waals surface area contributed by atoms with Gasteiger partial charge in [-0.3, -0.25) is 0 Å². The number of halogens is 2. The molecule has 2 aromatic rings. The van der Waals surface area contributed by atoms with Gasteiger partial charge in [-0.05, 0) is 17.2 Å². The molecule has 1 aliphatic rings. The van der Waals surface area contributed by atoms with Crippen LogP contribution in [0.5, 0.6) is 5.75 Å². The minimum atomic E-state index is -0.307. The third-order valence-corrected chi connectivity index (χ3v) is 3.43. The molecule has 0 saturated heterocycles. The van der Waals surface area contributed by atoms with Crippen molar-refractivity contribution in [2.45, 2.75) is 12.0 Å². The van der Waals surface area contributed by atoms with Crippen LogP contribution in [0.4, 0.5) is 4.39 Å². The molecular formula is C14H10ClFO. The molecule has 0 fully saturated rings. The van der Waals surface area contributed by atoms with Gasteiger partial charge in [-0.25, -0.2) is 4.39 Å². The summed E-state index contributed by atoms with van der Waals surface area (Å²) in [6.45, 7) is 0.426. The molecule has 2 aromatic carbocycles. The smallest absolute Gasteiger partial charge is 0.127 e. The summed E-state index contributed by atoms with van der Waals surface area (Å²) in [5, 5.41) is -0.288. The first-order valence-corrected chi connectivity index (χ1v) is 5.83. The maximum absolute atomic E-state index is 13.2. The number of alkyl halides is 1. The zero-order valence-corrected chi connectivity index (χ0v) is 9.75. The molecule has 1 unspecified atom stereocenters. The Hall–Kier alpha value is -1.54. The van der Waals surface area contributed by atoms with E-state index in [0.29, 0.717) is 12.4 Å². The second-order valence-corrected chi connectivity index (χ2v) is 4.47. The lowest BCUT2D eigenvalue weighted by molar-refractivity contribution is 0.305. The van der Waals surface area contributed by atoms with E-state index in [1.165, 1.54) is 12.1 Å². The Morgan fingerprint density at radius 3 is 2.82 bits per heavy atom. The molecule has 1 nitrogen and oxygen atoms in total. The monoisotopic (exact) mass is 248 g/mol. The van der Waals surface area contributed by atoms with E-state index in [1.54, 1.807) is 6.07 Å². The fourth-order valence-corrected chi connectivity index (χ4v) is 2.47. The highest BCUT2D eigenvalue weighted by Crippen LogP contribution is 2.39. The number of hydrogen-bond donors (Lipinski definition) is 0. The minimum absolute atomic E-state index is 0.288. The van der Waals surface area contributed by atoms with Gasteiger partial charge in [-0.2, -0.15) is 0 Å². The number of rotatable bonds is 0. The largest absolute Gasteiger partial charge is 0.488 e. The Morgan fingerprint density at radius 2 is 1.94 bits per heavy atom. The Morgan fingerprint density at radius 1 is 1.12 bits per heavy atom. The standard InChI is InChI=1S/C14H10ClFO/c15-14-11-4-2-1-3-9(11)8-17-13-7-10(16)5-6-12(13)14/h1-7,14H,8H2. The van der Waals surface area contributed by atoms with Crippen molar-refractivity contribution < 1.29 is 9.13 Å². The van der Waals surface area contributed by atoms with Gasteiger partial charge in [0.2, 0.25) is 0 Å². The van der Waals surface area contributed by atoms with E-state index in [-0.39, 0.29) is 11.2 Å². The summed E-state index contributed by atoms with van der Waals surface area (Å²) in [6, 6.07) is 12.3. The van der Waals surface area contributed by atoms with Crippen LogP contribution >= 0.6 is 11.6 Å². The van der Waals surface area contributed by atoms with Crippen LogP contribution in [0.25, 0.3) is 0 Å². The predicted molar refractivity (Wildman–Crippen MR) is 64.9 cm³/mol. The van der Waals surface area contributed by atoms with Gasteiger partial charge < -0.3 is 4.74 Å². The third kappa shape index (κ3) is 1.79. The summed E-state index contributed by atoms with van der Waals surface area (Å²) in [5.41, 5.74) is 2.89. The van der Waals surface area contributed by atoms with Crippen molar-refractivity contribution in [3.05, 3.63) is 65.0 Å². The molecule has 1 atom stereocenters. The molecule has 1 heterocycles. The molecule has 0 amide bonds. The highest BCUT2D eigenvalue weighted by atomic mass is 35.5. The summed E-state index contributed by atoms with van der Waals surface area (Å²) < 4.78 is 18.8. The lowest BCUT2D eigenvalue weighted by atomic mass is 10.0. The fraction of sp³-hybridized carbons (Fsp3) is 0.143. The second kappa shape index (κ2) is 4.04. The van der Waals surface area contributed by atoms with Gasteiger partial charge in [0.25, 0.3) is 0 Å². The maximum Gasteiger partial charge on any atom is 0.127 e. The number of ether oxygens (including phenoxy) is 1. The highest BCUT2D eigenvalue weighted by Gasteiger charge is 2.22. The van der Waals surface area contributed by atoms with Gasteiger partial charge in [-0.1, -0.05) is 30.3 Å². The van der Waals surface area contributed by atoms with E-state index >= 15 is 0 Å². The van der Waals surface area contributed by atoms with Crippen LogP contribution in [0.15, 0.2) is 42.5 Å². The molecule has 0 aliphatic carbocycles. The van der Waals surface area contributed by atoms with Crippen molar-refractivity contribution in [3.8, 4) is 5.75 Å². The highest BCUT2D eigenvalue weighted by molar-refractivity contribution is 6.23. The van der Waals surface area contributed by atoms with Crippen LogP contribution in [0, 0.1) is 5.82 Å². The van der Waals surface area contributed by atoms with Gasteiger partial charge in [0.1, 0.15) is 18.2 Å². The summed E-state index contributed by atoms with van der Waals surface area (Å²) >= 11 is 6.43. The van der Waals surface area contributed by atoms with Crippen molar-refractivity contribution in [1.29, 1.82) is 0 Å². The van der Waals surface area contributed by atoms with Crippen molar-refractivity contribution in [1.82, 2.24) is 0 Å². The molecule has 0 saturated carbocycles. The molecule has 0 N–H and O–H groups in total. The minimum Gasteiger partial charge on any atom is -0.488 e. The van der Waals surface area contributed by atoms with Crippen molar-refractivity contribution in [3.63, 3.8) is 0 Å². The van der Waals surface area contributed by atoms with Gasteiger partial charge in [0.05, 0.1) is 5.38 Å². The van der Waals surface area contributed by atoms with Gasteiger partial charge in [-0.15, -0.1) is 11.6 Å². The summed E-state index contributed by atoms with van der Waals surface area (Å²) in [6.07, 6.45) is 0. The quantitative estimate of drug-likeness (QED) is 0.639. The van der Waals surface area contributed by atoms with Crippen molar-refractivity contribution in [2.75, 3.05) is 0 Å². The first-order chi connectivity index (χ1) is 8.25. The molecule has 0 aromatic heterocycles. The van der Waals surface area contributed by atoms with Gasteiger partial charge >= 0.3 is 0 Å². The summed E-state index contributed by atoms with van der Waals surface area (Å²) in [5.74, 6) is 0.222. The summed E-state index contributed by atoms with van der Waals surface area (Å²) in [7, 11) is 0. The zero-order valence-electron chi connectivity index (χ0n) is 8.99. The van der Waals surface area contributed by atoms with Crippen LogP contribution in [0.2, 0.25) is 0 Å². The fourth-order valence-electron chi connectivity index (χ4n) is 2.08. The molecule has 3 rings (SSSR count). The lowest BCUT2D eigenvalue weighted by Gasteiger charge is -2.11.